The summed E-state index contributed by atoms with van der Waals surface area (Å²) in [6.07, 6.45) is 0. The van der Waals surface area contributed by atoms with E-state index in [-0.39, 0.29) is 17.2 Å². The number of carbonyl (C=O) groups is 1. The standard InChI is InChI=1S/C20H13ClN4O2S3/c1-25-19(27)17-13(15-3-2-6-28-15)9-29-18(17)24-20(25)30-10-16(26)23-14-7-12(21)5-4-11(14)8-22/h2-7,9H,10H2,1H3,(H,23,26). The quantitative estimate of drug-likeness (QED) is 0.327. The zero-order valence-corrected chi connectivity index (χ0v) is 18.7. The molecule has 0 aliphatic carbocycles. The van der Waals surface area contributed by atoms with E-state index < -0.39 is 0 Å². The van der Waals surface area contributed by atoms with Crippen LogP contribution in [0.4, 0.5) is 5.69 Å². The maximum absolute atomic E-state index is 13.0. The Morgan fingerprint density at radius 2 is 2.20 bits per heavy atom. The van der Waals surface area contributed by atoms with Crippen molar-refractivity contribution in [2.75, 3.05) is 11.1 Å². The van der Waals surface area contributed by atoms with E-state index in [1.807, 2.05) is 29.0 Å². The summed E-state index contributed by atoms with van der Waals surface area (Å²) < 4.78 is 1.46. The average molecular weight is 473 g/mol. The lowest BCUT2D eigenvalue weighted by Gasteiger charge is -2.09. The maximum Gasteiger partial charge on any atom is 0.263 e. The third kappa shape index (κ3) is 4.00. The molecule has 4 aromatic rings. The number of fused-ring (bicyclic) bond motifs is 1. The summed E-state index contributed by atoms with van der Waals surface area (Å²) in [4.78, 5) is 31.6. The molecule has 0 radical (unpaired) electrons. The number of rotatable bonds is 5. The molecule has 0 unspecified atom stereocenters. The van der Waals surface area contributed by atoms with Crippen LogP contribution in [0.1, 0.15) is 5.56 Å². The first-order valence-electron chi connectivity index (χ1n) is 8.62. The van der Waals surface area contributed by atoms with Gasteiger partial charge in [0.1, 0.15) is 10.9 Å². The topological polar surface area (TPSA) is 87.8 Å². The predicted molar refractivity (Wildman–Crippen MR) is 124 cm³/mol. The number of benzene rings is 1. The fraction of sp³-hybridized carbons (Fsp3) is 0.100. The van der Waals surface area contributed by atoms with Crippen LogP contribution < -0.4 is 10.9 Å². The van der Waals surface area contributed by atoms with Crippen LogP contribution in [0.3, 0.4) is 0 Å². The highest BCUT2D eigenvalue weighted by Crippen LogP contribution is 2.34. The molecule has 0 fully saturated rings. The summed E-state index contributed by atoms with van der Waals surface area (Å²) in [7, 11) is 1.65. The minimum Gasteiger partial charge on any atom is -0.324 e. The van der Waals surface area contributed by atoms with Gasteiger partial charge >= 0.3 is 0 Å². The number of nitriles is 1. The number of anilines is 1. The monoisotopic (exact) mass is 472 g/mol. The van der Waals surface area contributed by atoms with Crippen molar-refractivity contribution in [1.29, 1.82) is 5.26 Å². The molecule has 150 valence electrons. The molecule has 0 saturated carbocycles. The second kappa shape index (κ2) is 8.62. The van der Waals surface area contributed by atoms with Gasteiger partial charge in [0.25, 0.3) is 5.56 Å². The third-order valence-corrected chi connectivity index (χ3v) is 7.31. The molecular weight excluding hydrogens is 460 g/mol. The summed E-state index contributed by atoms with van der Waals surface area (Å²) in [6, 6.07) is 10.6. The Morgan fingerprint density at radius 3 is 2.93 bits per heavy atom. The predicted octanol–water partition coefficient (Wildman–Crippen LogP) is 4.98. The fourth-order valence-corrected chi connectivity index (χ4v) is 5.58. The lowest BCUT2D eigenvalue weighted by atomic mass is 10.2. The first-order valence-corrected chi connectivity index (χ1v) is 11.7. The number of nitrogens with zero attached hydrogens (tertiary/aromatic N) is 3. The Morgan fingerprint density at radius 1 is 1.37 bits per heavy atom. The van der Waals surface area contributed by atoms with Gasteiger partial charge in [-0.25, -0.2) is 4.98 Å². The van der Waals surface area contributed by atoms with E-state index in [4.69, 9.17) is 11.6 Å². The smallest absolute Gasteiger partial charge is 0.263 e. The van der Waals surface area contributed by atoms with Crippen LogP contribution in [-0.4, -0.2) is 21.2 Å². The van der Waals surface area contributed by atoms with E-state index in [1.54, 1.807) is 30.5 Å². The molecule has 0 aliphatic heterocycles. The van der Waals surface area contributed by atoms with Crippen molar-refractivity contribution in [2.24, 2.45) is 7.05 Å². The van der Waals surface area contributed by atoms with Gasteiger partial charge in [0, 0.05) is 27.9 Å². The minimum absolute atomic E-state index is 0.0341. The van der Waals surface area contributed by atoms with Crippen molar-refractivity contribution in [3.05, 3.63) is 62.0 Å². The van der Waals surface area contributed by atoms with Gasteiger partial charge in [0.15, 0.2) is 5.16 Å². The summed E-state index contributed by atoms with van der Waals surface area (Å²) in [6.45, 7) is 0. The molecule has 30 heavy (non-hydrogen) atoms. The van der Waals surface area contributed by atoms with E-state index in [0.29, 0.717) is 31.6 Å². The Labute approximate surface area is 188 Å². The Hall–Kier alpha value is -2.64. The molecule has 6 nitrogen and oxygen atoms in total. The highest BCUT2D eigenvalue weighted by Gasteiger charge is 2.17. The molecule has 3 aromatic heterocycles. The van der Waals surface area contributed by atoms with Crippen LogP contribution in [0.2, 0.25) is 5.02 Å². The van der Waals surface area contributed by atoms with Gasteiger partial charge in [-0.3, -0.25) is 14.2 Å². The summed E-state index contributed by atoms with van der Waals surface area (Å²) in [5.74, 6) is -0.287. The van der Waals surface area contributed by atoms with Crippen molar-refractivity contribution in [3.63, 3.8) is 0 Å². The second-order valence-electron chi connectivity index (χ2n) is 6.20. The Kier molecular flexibility index (Phi) is 5.92. The fourth-order valence-electron chi connectivity index (χ4n) is 2.83. The average Bonchev–Trinajstić information content (AvgIpc) is 3.39. The third-order valence-electron chi connectivity index (χ3n) is 4.27. The number of thioether (sulfide) groups is 1. The lowest BCUT2D eigenvalue weighted by molar-refractivity contribution is -0.113. The maximum atomic E-state index is 13.0. The number of nitrogens with one attached hydrogen (secondary N) is 1. The zero-order chi connectivity index (χ0) is 21.3. The van der Waals surface area contributed by atoms with Gasteiger partial charge < -0.3 is 5.32 Å². The number of halogens is 1. The summed E-state index contributed by atoms with van der Waals surface area (Å²) in [5, 5.41) is 17.2. The van der Waals surface area contributed by atoms with Crippen LogP contribution in [0, 0.1) is 11.3 Å². The lowest BCUT2D eigenvalue weighted by Crippen LogP contribution is -2.21. The first kappa shape index (κ1) is 20.6. The van der Waals surface area contributed by atoms with E-state index in [9.17, 15) is 14.9 Å². The number of hydrogen-bond acceptors (Lipinski definition) is 7. The number of hydrogen-bond donors (Lipinski definition) is 1. The molecule has 1 N–H and O–H groups in total. The molecule has 3 heterocycles. The van der Waals surface area contributed by atoms with Gasteiger partial charge in [-0.2, -0.15) is 5.26 Å². The Balaban J connectivity index is 1.56. The van der Waals surface area contributed by atoms with Gasteiger partial charge in [0.05, 0.1) is 22.4 Å². The van der Waals surface area contributed by atoms with Crippen molar-refractivity contribution in [3.8, 4) is 16.5 Å². The number of amides is 1. The zero-order valence-electron chi connectivity index (χ0n) is 15.5. The minimum atomic E-state index is -0.321. The number of aromatic nitrogens is 2. The van der Waals surface area contributed by atoms with Crippen molar-refractivity contribution >= 4 is 67.8 Å². The van der Waals surface area contributed by atoms with E-state index in [0.717, 1.165) is 22.2 Å². The highest BCUT2D eigenvalue weighted by molar-refractivity contribution is 7.99. The number of carbonyl (C=O) groups excluding carboxylic acids is 1. The van der Waals surface area contributed by atoms with Gasteiger partial charge in [0.2, 0.25) is 5.91 Å². The summed E-state index contributed by atoms with van der Waals surface area (Å²) >= 11 is 10.1. The van der Waals surface area contributed by atoms with Gasteiger partial charge in [-0.1, -0.05) is 29.4 Å². The van der Waals surface area contributed by atoms with Gasteiger partial charge in [-0.05, 0) is 29.6 Å². The highest BCUT2D eigenvalue weighted by atomic mass is 35.5. The molecule has 0 atom stereocenters. The van der Waals surface area contributed by atoms with Crippen LogP contribution in [0.25, 0.3) is 20.7 Å². The molecule has 0 spiro atoms. The van der Waals surface area contributed by atoms with Crippen LogP contribution in [0.5, 0.6) is 0 Å². The van der Waals surface area contributed by atoms with E-state index >= 15 is 0 Å². The van der Waals surface area contributed by atoms with E-state index in [2.05, 4.69) is 10.3 Å². The normalized spacial score (nSPS) is 10.8. The second-order valence-corrected chi connectivity index (χ2v) is 9.39. The molecule has 0 aliphatic rings. The van der Waals surface area contributed by atoms with Gasteiger partial charge in [-0.15, -0.1) is 22.7 Å². The Bertz CT molecular complexity index is 1350. The van der Waals surface area contributed by atoms with Crippen molar-refractivity contribution < 1.29 is 4.79 Å². The van der Waals surface area contributed by atoms with Crippen molar-refractivity contribution in [2.45, 2.75) is 5.16 Å². The number of thiophene rings is 2. The molecule has 4 rings (SSSR count). The molecule has 1 amide bonds. The SMILES string of the molecule is Cn1c(SCC(=O)Nc2cc(Cl)ccc2C#N)nc2scc(-c3cccs3)c2c1=O. The largest absolute Gasteiger partial charge is 0.324 e. The van der Waals surface area contributed by atoms with Crippen molar-refractivity contribution in [1.82, 2.24) is 9.55 Å². The van der Waals surface area contributed by atoms with Crippen LogP contribution in [-0.2, 0) is 11.8 Å². The van der Waals surface area contributed by atoms with Crippen LogP contribution in [0.15, 0.2) is 51.0 Å². The van der Waals surface area contributed by atoms with Crippen LogP contribution >= 0.6 is 46.0 Å². The molecule has 0 bridgehead atoms. The molecular formula is C20H13ClN4O2S3. The van der Waals surface area contributed by atoms with E-state index in [1.165, 1.54) is 22.0 Å². The first-order chi connectivity index (χ1) is 14.5. The molecule has 0 saturated heterocycles. The molecule has 1 aromatic carbocycles. The summed E-state index contributed by atoms with van der Waals surface area (Å²) in [5.41, 5.74) is 1.42. The molecule has 10 heteroatoms.